The van der Waals surface area contributed by atoms with Crippen LogP contribution in [0.5, 0.6) is 0 Å². The van der Waals surface area contributed by atoms with Crippen molar-refractivity contribution in [1.82, 2.24) is 4.31 Å². The van der Waals surface area contributed by atoms with Crippen LogP contribution in [0.2, 0.25) is 5.02 Å². The Morgan fingerprint density at radius 1 is 0.969 bits per heavy atom. The molecular formula is C25H25ClN2O3S. The first-order valence-corrected chi connectivity index (χ1v) is 12.3. The molecule has 1 aliphatic rings. The lowest BCUT2D eigenvalue weighted by Gasteiger charge is -2.35. The third-order valence-corrected chi connectivity index (χ3v) is 7.89. The Bertz CT molecular complexity index is 1240. The Morgan fingerprint density at radius 2 is 1.59 bits per heavy atom. The van der Waals surface area contributed by atoms with Gasteiger partial charge >= 0.3 is 0 Å². The van der Waals surface area contributed by atoms with Crippen LogP contribution in [0.15, 0.2) is 77.7 Å². The van der Waals surface area contributed by atoms with Gasteiger partial charge in [0, 0.05) is 17.3 Å². The quantitative estimate of drug-likeness (QED) is 0.558. The van der Waals surface area contributed by atoms with Crippen molar-refractivity contribution in [2.75, 3.05) is 5.32 Å². The molecular weight excluding hydrogens is 444 g/mol. The van der Waals surface area contributed by atoms with Crippen LogP contribution in [0.25, 0.3) is 0 Å². The molecule has 5 nitrogen and oxygen atoms in total. The van der Waals surface area contributed by atoms with E-state index in [1.807, 2.05) is 48.5 Å². The van der Waals surface area contributed by atoms with Gasteiger partial charge in [0.05, 0.1) is 4.90 Å². The molecule has 1 aliphatic heterocycles. The maximum atomic E-state index is 13.6. The molecule has 3 aromatic carbocycles. The summed E-state index contributed by atoms with van der Waals surface area (Å²) in [6.07, 6.45) is 0.304. The number of nitrogens with zero attached hydrogens (tertiary/aromatic N) is 1. The van der Waals surface area contributed by atoms with E-state index in [2.05, 4.69) is 19.2 Å². The second kappa shape index (κ2) is 9.06. The fourth-order valence-electron chi connectivity index (χ4n) is 4.05. The van der Waals surface area contributed by atoms with Crippen LogP contribution in [-0.4, -0.2) is 24.7 Å². The summed E-state index contributed by atoms with van der Waals surface area (Å²) in [5, 5.41) is 3.44. The maximum absolute atomic E-state index is 13.6. The zero-order chi connectivity index (χ0) is 22.9. The number of hydrogen-bond acceptors (Lipinski definition) is 3. The van der Waals surface area contributed by atoms with Gasteiger partial charge in [-0.3, -0.25) is 4.79 Å². The van der Waals surface area contributed by atoms with Crippen LogP contribution < -0.4 is 5.32 Å². The Labute approximate surface area is 194 Å². The lowest BCUT2D eigenvalue weighted by molar-refractivity contribution is -0.120. The molecule has 1 heterocycles. The van der Waals surface area contributed by atoms with Crippen molar-refractivity contribution in [2.45, 2.75) is 43.7 Å². The van der Waals surface area contributed by atoms with Crippen LogP contribution in [0.4, 0.5) is 5.69 Å². The summed E-state index contributed by atoms with van der Waals surface area (Å²) in [5.41, 5.74) is 3.59. The first-order chi connectivity index (χ1) is 15.3. The Hall–Kier alpha value is -2.67. The van der Waals surface area contributed by atoms with Gasteiger partial charge in [0.1, 0.15) is 6.04 Å². The summed E-state index contributed by atoms with van der Waals surface area (Å²) in [5.74, 6) is -0.127. The molecule has 3 aromatic rings. The van der Waals surface area contributed by atoms with E-state index in [1.165, 1.54) is 16.4 Å². The van der Waals surface area contributed by atoms with E-state index in [9.17, 15) is 13.2 Å². The molecule has 7 heteroatoms. The van der Waals surface area contributed by atoms with E-state index in [4.69, 9.17) is 11.6 Å². The maximum Gasteiger partial charge on any atom is 0.244 e. The molecule has 0 saturated carbocycles. The minimum Gasteiger partial charge on any atom is -0.324 e. The van der Waals surface area contributed by atoms with Gasteiger partial charge in [0.15, 0.2) is 0 Å². The Balaban J connectivity index is 1.72. The van der Waals surface area contributed by atoms with Gasteiger partial charge in [-0.05, 0) is 59.4 Å². The molecule has 0 aromatic heterocycles. The summed E-state index contributed by atoms with van der Waals surface area (Å²) in [4.78, 5) is 13.6. The van der Waals surface area contributed by atoms with Gasteiger partial charge in [0.2, 0.25) is 15.9 Å². The third-order valence-electron chi connectivity index (χ3n) is 5.77. The highest BCUT2D eigenvalue weighted by atomic mass is 35.5. The molecule has 0 bridgehead atoms. The molecule has 0 aliphatic carbocycles. The van der Waals surface area contributed by atoms with Crippen molar-refractivity contribution in [2.24, 2.45) is 0 Å². The molecule has 0 spiro atoms. The first-order valence-electron chi connectivity index (χ1n) is 10.5. The molecule has 1 amide bonds. The number of rotatable bonds is 5. The van der Waals surface area contributed by atoms with Gasteiger partial charge in [-0.25, -0.2) is 8.42 Å². The third kappa shape index (κ3) is 4.44. The predicted octanol–water partition coefficient (Wildman–Crippen LogP) is 5.22. The number of para-hydroxylation sites is 1. The van der Waals surface area contributed by atoms with Crippen LogP contribution in [0.3, 0.4) is 0 Å². The minimum absolute atomic E-state index is 0.113. The number of carbonyl (C=O) groups excluding carboxylic acids is 1. The summed E-state index contributed by atoms with van der Waals surface area (Å²) >= 11 is 5.95. The fraction of sp³-hybridized carbons (Fsp3) is 0.240. The van der Waals surface area contributed by atoms with Gasteiger partial charge < -0.3 is 5.32 Å². The minimum atomic E-state index is -3.92. The number of halogens is 1. The highest BCUT2D eigenvalue weighted by Crippen LogP contribution is 2.31. The number of anilines is 1. The smallest absolute Gasteiger partial charge is 0.244 e. The fourth-order valence-corrected chi connectivity index (χ4v) is 5.74. The largest absolute Gasteiger partial charge is 0.324 e. The number of nitrogens with one attached hydrogen (secondary N) is 1. The van der Waals surface area contributed by atoms with E-state index in [-0.39, 0.29) is 23.3 Å². The molecule has 1 atom stereocenters. The number of carbonyl (C=O) groups is 1. The monoisotopic (exact) mass is 468 g/mol. The van der Waals surface area contributed by atoms with Crippen molar-refractivity contribution in [3.8, 4) is 0 Å². The van der Waals surface area contributed by atoms with Crippen LogP contribution in [0, 0.1) is 0 Å². The Kier molecular flexibility index (Phi) is 6.38. The van der Waals surface area contributed by atoms with Crippen LogP contribution in [-0.2, 0) is 27.8 Å². The van der Waals surface area contributed by atoms with E-state index < -0.39 is 16.1 Å². The molecule has 0 saturated heterocycles. The standard InChI is InChI=1S/C25H25ClN2O3S/c1-17(2)22-9-5-6-10-23(22)27-25(29)24-15-18-7-3-4-8-19(18)16-28(24)32(30,31)21-13-11-20(26)12-14-21/h3-14,17,24H,15-16H2,1-2H3,(H,27,29). The lowest BCUT2D eigenvalue weighted by atomic mass is 9.95. The van der Waals surface area contributed by atoms with Gasteiger partial charge in [0.25, 0.3) is 0 Å². The van der Waals surface area contributed by atoms with Gasteiger partial charge in [-0.2, -0.15) is 4.31 Å². The number of fused-ring (bicyclic) bond motifs is 1. The highest BCUT2D eigenvalue weighted by Gasteiger charge is 2.39. The van der Waals surface area contributed by atoms with Crippen molar-refractivity contribution in [3.63, 3.8) is 0 Å². The first kappa shape index (κ1) is 22.5. The van der Waals surface area contributed by atoms with Gasteiger partial charge in [-0.15, -0.1) is 0 Å². The van der Waals surface area contributed by atoms with E-state index in [0.29, 0.717) is 17.1 Å². The zero-order valence-corrected chi connectivity index (χ0v) is 19.5. The summed E-state index contributed by atoms with van der Waals surface area (Å²) in [6.45, 7) is 4.24. The molecule has 4 rings (SSSR count). The predicted molar refractivity (Wildman–Crippen MR) is 127 cm³/mol. The van der Waals surface area contributed by atoms with Crippen molar-refractivity contribution in [3.05, 3.63) is 94.5 Å². The lowest BCUT2D eigenvalue weighted by Crippen LogP contribution is -2.50. The molecule has 1 N–H and O–H groups in total. The van der Waals surface area contributed by atoms with Crippen LogP contribution in [0.1, 0.15) is 36.5 Å². The summed E-state index contributed by atoms with van der Waals surface area (Å²) in [7, 11) is -3.92. The SMILES string of the molecule is CC(C)c1ccccc1NC(=O)C1Cc2ccccc2CN1S(=O)(=O)c1ccc(Cl)cc1. The van der Waals surface area contributed by atoms with Crippen LogP contribution >= 0.6 is 11.6 Å². The highest BCUT2D eigenvalue weighted by molar-refractivity contribution is 7.89. The number of hydrogen-bond donors (Lipinski definition) is 1. The normalized spacial score (nSPS) is 16.6. The average molecular weight is 469 g/mol. The molecule has 0 fully saturated rings. The zero-order valence-electron chi connectivity index (χ0n) is 18.0. The van der Waals surface area contributed by atoms with E-state index in [1.54, 1.807) is 12.1 Å². The second-order valence-electron chi connectivity index (χ2n) is 8.22. The second-order valence-corrected chi connectivity index (χ2v) is 10.6. The van der Waals surface area contributed by atoms with Crippen molar-refractivity contribution < 1.29 is 13.2 Å². The molecule has 32 heavy (non-hydrogen) atoms. The number of sulfonamides is 1. The van der Waals surface area contributed by atoms with Crippen molar-refractivity contribution in [1.29, 1.82) is 0 Å². The molecule has 1 unspecified atom stereocenters. The molecule has 0 radical (unpaired) electrons. The van der Waals surface area contributed by atoms with E-state index >= 15 is 0 Å². The number of benzene rings is 3. The Morgan fingerprint density at radius 3 is 2.28 bits per heavy atom. The molecule has 166 valence electrons. The summed E-state index contributed by atoms with van der Waals surface area (Å²) in [6, 6.07) is 20.4. The van der Waals surface area contributed by atoms with Gasteiger partial charge in [-0.1, -0.05) is 67.9 Å². The average Bonchev–Trinajstić information content (AvgIpc) is 2.78. The topological polar surface area (TPSA) is 66.5 Å². The number of amides is 1. The summed E-state index contributed by atoms with van der Waals surface area (Å²) < 4.78 is 28.4. The van der Waals surface area contributed by atoms with Crippen molar-refractivity contribution >= 4 is 33.2 Å². The van der Waals surface area contributed by atoms with E-state index in [0.717, 1.165) is 16.7 Å².